The molecule has 17 heteroatoms. The Morgan fingerprint density at radius 3 is 1.90 bits per heavy atom. The number of benzene rings is 3. The van der Waals surface area contributed by atoms with Gasteiger partial charge in [-0.2, -0.15) is 39.5 Å². The summed E-state index contributed by atoms with van der Waals surface area (Å²) < 4.78 is 135. The summed E-state index contributed by atoms with van der Waals surface area (Å²) in [6.45, 7) is 2.67. The Morgan fingerprint density at radius 1 is 0.788 bits per heavy atom. The van der Waals surface area contributed by atoms with Crippen LogP contribution in [0, 0.1) is 0 Å². The molecule has 0 saturated heterocycles. The normalized spacial score (nSPS) is 12.0. The number of carboxylic acid groups (broad SMARTS) is 1. The van der Waals surface area contributed by atoms with Crippen molar-refractivity contribution in [3.63, 3.8) is 0 Å². The van der Waals surface area contributed by atoms with Gasteiger partial charge in [0.1, 0.15) is 5.75 Å². The first kappa shape index (κ1) is 42.4. The number of alkyl halides is 9. The quantitative estimate of drug-likeness (QED) is 0.102. The molecule has 0 radical (unpaired) electrons. The minimum Gasteiger partial charge on any atom is -0.550 e. The molecule has 4 rings (SSSR count). The van der Waals surface area contributed by atoms with E-state index < -0.39 is 53.3 Å². The molecular weight excluding hydrogens is 720 g/mol. The SMILES string of the molecule is COc1ccc(C(C)C)cc1-c1cc(C(F)(F)F)ccc1CN(Cc1cc(C(F)(F)F)cc(C(F)(F)F)c1)c1ncc(OCCCC(=O)[O-])cn1.[Na+]. The van der Waals surface area contributed by atoms with Crippen molar-refractivity contribution in [3.05, 3.63) is 100 Å². The molecule has 0 aliphatic heterocycles. The maximum atomic E-state index is 14.0. The number of nitrogens with zero attached hydrogens (tertiary/aromatic N) is 3. The maximum absolute atomic E-state index is 14.0. The summed E-state index contributed by atoms with van der Waals surface area (Å²) >= 11 is 0. The number of halogens is 9. The standard InChI is InChI=1S/C35H32F9N3O4.Na/c1-20(2)22-7-9-30(50-3)29(13-22)28-15-24(33(36,37)38)8-6-23(28)19-47(32-45-16-27(17-46-32)51-10-4-5-31(48)49)18-21-11-25(34(39,40)41)14-26(12-21)35(42,43)44;/h6-9,11-17,20H,4-5,10,18-19H2,1-3H3,(H,48,49);/q;+1/p-1. The van der Waals surface area contributed by atoms with Crippen molar-refractivity contribution in [3.8, 4) is 22.6 Å². The van der Waals surface area contributed by atoms with Gasteiger partial charge in [-0.05, 0) is 83.5 Å². The summed E-state index contributed by atoms with van der Waals surface area (Å²) in [6.07, 6.45) is -12.9. The number of anilines is 1. The fraction of sp³-hybridized carbons (Fsp3) is 0.343. The molecule has 0 atom stereocenters. The molecule has 0 aliphatic rings. The van der Waals surface area contributed by atoms with E-state index in [1.165, 1.54) is 12.0 Å². The molecule has 0 bridgehead atoms. The summed E-state index contributed by atoms with van der Waals surface area (Å²) in [5.41, 5.74) is -3.29. The molecule has 0 fully saturated rings. The first-order valence-electron chi connectivity index (χ1n) is 15.3. The Hall–Kier alpha value is -4.02. The van der Waals surface area contributed by atoms with Crippen molar-refractivity contribution in [2.24, 2.45) is 0 Å². The molecule has 0 aliphatic carbocycles. The molecule has 0 unspecified atom stereocenters. The van der Waals surface area contributed by atoms with Crippen LogP contribution in [0.2, 0.25) is 0 Å². The molecule has 0 saturated carbocycles. The van der Waals surface area contributed by atoms with Crippen molar-refractivity contribution >= 4 is 11.9 Å². The number of ether oxygens (including phenoxy) is 2. The van der Waals surface area contributed by atoms with E-state index in [0.717, 1.165) is 36.2 Å². The van der Waals surface area contributed by atoms with Crippen LogP contribution < -0.4 is 49.0 Å². The minimum atomic E-state index is -5.13. The van der Waals surface area contributed by atoms with E-state index in [9.17, 15) is 49.4 Å². The third kappa shape index (κ3) is 11.2. The average molecular weight is 752 g/mol. The topological polar surface area (TPSA) is 87.6 Å². The number of hydrogen-bond acceptors (Lipinski definition) is 7. The number of aromatic nitrogens is 2. The summed E-state index contributed by atoms with van der Waals surface area (Å²) in [5, 5.41) is 10.7. The van der Waals surface area contributed by atoms with E-state index in [1.807, 2.05) is 13.8 Å². The zero-order valence-electron chi connectivity index (χ0n) is 28.3. The van der Waals surface area contributed by atoms with Gasteiger partial charge in [-0.3, -0.25) is 0 Å². The van der Waals surface area contributed by atoms with Crippen LogP contribution in [0.3, 0.4) is 0 Å². The van der Waals surface area contributed by atoms with Crippen LogP contribution in [-0.4, -0.2) is 29.7 Å². The Balaban J connectivity index is 0.00000729. The van der Waals surface area contributed by atoms with Crippen molar-refractivity contribution in [2.75, 3.05) is 18.6 Å². The average Bonchev–Trinajstić information content (AvgIpc) is 3.05. The van der Waals surface area contributed by atoms with Crippen molar-refractivity contribution in [1.29, 1.82) is 0 Å². The van der Waals surface area contributed by atoms with E-state index in [-0.39, 0.29) is 102 Å². The Morgan fingerprint density at radius 2 is 1.38 bits per heavy atom. The third-order valence-electron chi connectivity index (χ3n) is 7.69. The molecule has 1 aromatic heterocycles. The molecule has 274 valence electrons. The van der Waals surface area contributed by atoms with E-state index in [1.54, 1.807) is 18.2 Å². The molecular formula is C35H31F9N3NaO4. The Bertz CT molecular complexity index is 1800. The number of carbonyl (C=O) groups excluding carboxylic acids is 1. The molecule has 0 N–H and O–H groups in total. The molecule has 0 amide bonds. The Kier molecular flexibility index (Phi) is 14.0. The van der Waals surface area contributed by atoms with Gasteiger partial charge in [0.2, 0.25) is 5.95 Å². The van der Waals surface area contributed by atoms with Crippen molar-refractivity contribution in [1.82, 2.24) is 9.97 Å². The smallest absolute Gasteiger partial charge is 0.550 e. The van der Waals surface area contributed by atoms with Gasteiger partial charge in [-0.15, -0.1) is 0 Å². The summed E-state index contributed by atoms with van der Waals surface area (Å²) in [5.74, 6) is -1.26. The van der Waals surface area contributed by atoms with Gasteiger partial charge in [0, 0.05) is 24.6 Å². The molecule has 0 spiro atoms. The van der Waals surface area contributed by atoms with E-state index in [2.05, 4.69) is 9.97 Å². The van der Waals surface area contributed by atoms with Crippen LogP contribution in [0.25, 0.3) is 11.1 Å². The maximum Gasteiger partial charge on any atom is 1.00 e. The first-order valence-corrected chi connectivity index (χ1v) is 15.3. The summed E-state index contributed by atoms with van der Waals surface area (Å²) in [6, 6.07) is 8.92. The zero-order chi connectivity index (χ0) is 37.7. The second-order valence-electron chi connectivity index (χ2n) is 11.8. The van der Waals surface area contributed by atoms with Crippen molar-refractivity contribution in [2.45, 2.75) is 64.2 Å². The van der Waals surface area contributed by atoms with Crippen LogP contribution in [0.15, 0.2) is 67.0 Å². The van der Waals surface area contributed by atoms with Crippen LogP contribution in [0.5, 0.6) is 11.5 Å². The van der Waals surface area contributed by atoms with Gasteiger partial charge < -0.3 is 24.3 Å². The van der Waals surface area contributed by atoms with Crippen LogP contribution in [0.1, 0.15) is 66.0 Å². The number of aliphatic carboxylic acids is 1. The molecule has 7 nitrogen and oxygen atoms in total. The largest absolute Gasteiger partial charge is 1.00 e. The van der Waals surface area contributed by atoms with Gasteiger partial charge in [0.05, 0.1) is 42.8 Å². The number of carbonyl (C=O) groups is 1. The molecule has 4 aromatic rings. The number of methoxy groups -OCH3 is 1. The second kappa shape index (κ2) is 17.2. The zero-order valence-corrected chi connectivity index (χ0v) is 30.3. The van der Waals surface area contributed by atoms with Crippen LogP contribution >= 0.6 is 0 Å². The summed E-state index contributed by atoms with van der Waals surface area (Å²) in [4.78, 5) is 20.2. The molecule has 3 aromatic carbocycles. The predicted molar refractivity (Wildman–Crippen MR) is 166 cm³/mol. The van der Waals surface area contributed by atoms with Crippen LogP contribution in [0.4, 0.5) is 45.5 Å². The van der Waals surface area contributed by atoms with Gasteiger partial charge in [0.15, 0.2) is 5.75 Å². The third-order valence-corrected chi connectivity index (χ3v) is 7.69. The minimum absolute atomic E-state index is 0. The van der Waals surface area contributed by atoms with Crippen LogP contribution in [-0.2, 0) is 36.4 Å². The Labute approximate surface area is 315 Å². The summed E-state index contributed by atoms with van der Waals surface area (Å²) in [7, 11) is 1.33. The van der Waals surface area contributed by atoms with Gasteiger partial charge in [0.25, 0.3) is 0 Å². The fourth-order valence-electron chi connectivity index (χ4n) is 5.12. The first-order chi connectivity index (χ1) is 23.8. The number of hydrogen-bond donors (Lipinski definition) is 0. The van der Waals surface area contributed by atoms with Gasteiger partial charge >= 0.3 is 48.1 Å². The van der Waals surface area contributed by atoms with E-state index >= 15 is 0 Å². The van der Waals surface area contributed by atoms with Gasteiger partial charge in [-0.1, -0.05) is 26.0 Å². The number of carboxylic acids is 1. The predicted octanol–water partition coefficient (Wildman–Crippen LogP) is 5.45. The monoisotopic (exact) mass is 751 g/mol. The van der Waals surface area contributed by atoms with E-state index in [4.69, 9.17) is 9.47 Å². The second-order valence-corrected chi connectivity index (χ2v) is 11.8. The molecule has 1 heterocycles. The van der Waals surface area contributed by atoms with Crippen molar-refractivity contribution < 1.29 is 88.4 Å². The van der Waals surface area contributed by atoms with E-state index in [0.29, 0.717) is 12.1 Å². The van der Waals surface area contributed by atoms with Gasteiger partial charge in [-0.25, -0.2) is 9.97 Å². The number of rotatable bonds is 13. The fourth-order valence-corrected chi connectivity index (χ4v) is 5.12. The molecule has 52 heavy (non-hydrogen) atoms.